The van der Waals surface area contributed by atoms with Crippen molar-refractivity contribution in [3.63, 3.8) is 0 Å². The predicted octanol–water partition coefficient (Wildman–Crippen LogP) is 13.1. The molecular formula is C83H141NO18. The molecule has 0 aliphatic carbocycles. The number of rotatable bonds is 61. The highest BCUT2D eigenvalue weighted by atomic mass is 16.8. The van der Waals surface area contributed by atoms with Crippen LogP contribution in [0.4, 0.5) is 0 Å². The number of aliphatic hydroxyl groups is 11. The average Bonchev–Trinajstić information content (AvgIpc) is 0.781. The van der Waals surface area contributed by atoms with Gasteiger partial charge in [-0.3, -0.25) is 4.79 Å². The quantitative estimate of drug-likeness (QED) is 0.0199. The first-order valence-corrected chi connectivity index (χ1v) is 39.8. The number of carbonyl (C=O) groups is 1. The van der Waals surface area contributed by atoms with E-state index in [4.69, 9.17) is 28.4 Å². The van der Waals surface area contributed by atoms with Gasteiger partial charge >= 0.3 is 0 Å². The van der Waals surface area contributed by atoms with Gasteiger partial charge in [-0.15, -0.1) is 0 Å². The Balaban J connectivity index is 1.38. The van der Waals surface area contributed by atoms with Crippen LogP contribution in [0, 0.1) is 0 Å². The Bertz CT molecular complexity index is 2320. The van der Waals surface area contributed by atoms with Crippen LogP contribution in [0.15, 0.2) is 122 Å². The van der Waals surface area contributed by atoms with Crippen LogP contribution in [0.3, 0.4) is 0 Å². The highest BCUT2D eigenvalue weighted by Gasteiger charge is 2.53. The number of hydrogen-bond donors (Lipinski definition) is 12. The van der Waals surface area contributed by atoms with Gasteiger partial charge in [-0.1, -0.05) is 283 Å². The Hall–Kier alpha value is -3.81. The van der Waals surface area contributed by atoms with Crippen LogP contribution in [0.25, 0.3) is 0 Å². The fraction of sp³-hybridized carbons (Fsp3) is 0.747. The van der Waals surface area contributed by atoms with Crippen molar-refractivity contribution in [3.05, 3.63) is 122 Å². The molecule has 0 aromatic rings. The molecule has 0 bridgehead atoms. The number of amides is 1. The monoisotopic (exact) mass is 1440 g/mol. The molecule has 3 fully saturated rings. The third-order valence-corrected chi connectivity index (χ3v) is 19.0. The topological polar surface area (TPSA) is 307 Å². The number of carbonyl (C=O) groups excluding carboxylic acids is 1. The molecule has 586 valence electrons. The summed E-state index contributed by atoms with van der Waals surface area (Å²) < 4.78 is 34.4. The molecule has 3 saturated heterocycles. The highest BCUT2D eigenvalue weighted by molar-refractivity contribution is 5.76. The van der Waals surface area contributed by atoms with Crippen molar-refractivity contribution in [2.45, 2.75) is 369 Å². The first-order chi connectivity index (χ1) is 49.8. The maximum atomic E-state index is 13.5. The molecule has 0 aromatic carbocycles. The van der Waals surface area contributed by atoms with E-state index in [1.807, 2.05) is 6.08 Å². The number of allylic oxidation sites excluding steroid dienone is 19. The summed E-state index contributed by atoms with van der Waals surface area (Å²) in [6.07, 6.45) is 60.3. The summed E-state index contributed by atoms with van der Waals surface area (Å²) in [5.41, 5.74) is 0. The Labute approximate surface area is 614 Å². The summed E-state index contributed by atoms with van der Waals surface area (Å²) in [5, 5.41) is 121. The molecule has 3 heterocycles. The zero-order chi connectivity index (χ0) is 73.9. The molecule has 3 aliphatic heterocycles. The Morgan fingerprint density at radius 3 is 1.10 bits per heavy atom. The van der Waals surface area contributed by atoms with Crippen LogP contribution in [-0.2, 0) is 33.2 Å². The van der Waals surface area contributed by atoms with Gasteiger partial charge < -0.3 is 89.9 Å². The average molecular weight is 1440 g/mol. The lowest BCUT2D eigenvalue weighted by atomic mass is 9.96. The normalized spacial score (nSPS) is 26.9. The molecule has 17 atom stereocenters. The van der Waals surface area contributed by atoms with Crippen molar-refractivity contribution >= 4 is 5.91 Å². The Morgan fingerprint density at radius 1 is 0.363 bits per heavy atom. The van der Waals surface area contributed by atoms with Gasteiger partial charge in [0, 0.05) is 6.42 Å². The second-order valence-electron chi connectivity index (χ2n) is 27.8. The van der Waals surface area contributed by atoms with Gasteiger partial charge in [0.2, 0.25) is 5.91 Å². The van der Waals surface area contributed by atoms with Gasteiger partial charge in [-0.25, -0.2) is 0 Å². The second-order valence-corrected chi connectivity index (χ2v) is 27.8. The molecule has 1 amide bonds. The van der Waals surface area contributed by atoms with E-state index in [2.05, 4.69) is 129 Å². The van der Waals surface area contributed by atoms with E-state index in [-0.39, 0.29) is 18.9 Å². The summed E-state index contributed by atoms with van der Waals surface area (Å²) in [4.78, 5) is 13.5. The minimum absolute atomic E-state index is 0.223. The summed E-state index contributed by atoms with van der Waals surface area (Å²) in [6.45, 7) is 1.61. The third kappa shape index (κ3) is 41.9. The molecule has 19 heteroatoms. The molecule has 17 unspecified atom stereocenters. The molecule has 0 radical (unpaired) electrons. The predicted molar refractivity (Wildman–Crippen MR) is 406 cm³/mol. The van der Waals surface area contributed by atoms with E-state index in [0.717, 1.165) is 103 Å². The molecular weight excluding hydrogens is 1300 g/mol. The molecule has 12 N–H and O–H groups in total. The first kappa shape index (κ1) is 92.4. The van der Waals surface area contributed by atoms with Crippen LogP contribution in [0.1, 0.15) is 264 Å². The Morgan fingerprint density at radius 2 is 0.686 bits per heavy atom. The molecule has 0 saturated carbocycles. The number of nitrogens with one attached hydrogen (secondary N) is 1. The molecule has 3 rings (SSSR count). The van der Waals surface area contributed by atoms with Crippen molar-refractivity contribution in [1.82, 2.24) is 5.32 Å². The van der Waals surface area contributed by atoms with Crippen LogP contribution in [0.5, 0.6) is 0 Å². The van der Waals surface area contributed by atoms with E-state index in [9.17, 15) is 61.0 Å². The van der Waals surface area contributed by atoms with Gasteiger partial charge in [-0.05, 0) is 96.3 Å². The molecule has 3 aliphatic rings. The standard InChI is InChI=1S/C83H141NO18/c1-3-5-7-9-11-13-15-17-19-21-23-25-27-28-29-30-31-32-33-34-35-36-37-38-39-41-43-45-47-49-51-53-55-57-59-61-71(89)84-66(67(88)60-58-56-54-52-50-48-46-44-42-40-26-24-22-20-18-16-14-12-10-8-6-4-2)65-97-81-77(95)74(92)79(69(63-86)99-81)102-83-78(96)75(93)80(70(64-87)100-83)101-82-76(94)73(91)72(90)68(62-85)98-82/h5,7,11,13,17,19,23,25,28-29,31-32,34-35,37-38,50,52,58,60,66-70,72-83,85-88,90-96H,3-4,6,8-10,12,14-16,18,20-22,24,26-27,30,33,36,39-49,51,53-57,59,61-65H2,1-2H3,(H,84,89)/b7-5-,13-11-,19-17-,25-23-,29-28-,32-31-,35-34-,38-37-,52-50+,60-58+. The van der Waals surface area contributed by atoms with E-state index in [1.165, 1.54) is 128 Å². The molecule has 0 aromatic heterocycles. The Kier molecular flexibility index (Phi) is 56.4. The van der Waals surface area contributed by atoms with Crippen LogP contribution in [-0.4, -0.2) is 193 Å². The van der Waals surface area contributed by atoms with E-state index in [1.54, 1.807) is 6.08 Å². The lowest BCUT2D eigenvalue weighted by molar-refractivity contribution is -0.379. The lowest BCUT2D eigenvalue weighted by Crippen LogP contribution is -2.66. The van der Waals surface area contributed by atoms with E-state index >= 15 is 0 Å². The third-order valence-electron chi connectivity index (χ3n) is 19.0. The van der Waals surface area contributed by atoms with Crippen molar-refractivity contribution in [2.75, 3.05) is 26.4 Å². The molecule has 0 spiro atoms. The smallest absolute Gasteiger partial charge is 0.220 e. The fourth-order valence-electron chi connectivity index (χ4n) is 12.6. The van der Waals surface area contributed by atoms with Gasteiger partial charge in [0.1, 0.15) is 73.2 Å². The zero-order valence-electron chi connectivity index (χ0n) is 62.5. The summed E-state index contributed by atoms with van der Waals surface area (Å²) in [6, 6.07) is -1.00. The second kappa shape index (κ2) is 62.3. The molecule has 102 heavy (non-hydrogen) atoms. The molecule has 19 nitrogen and oxygen atoms in total. The number of hydrogen-bond acceptors (Lipinski definition) is 18. The van der Waals surface area contributed by atoms with Crippen LogP contribution < -0.4 is 5.32 Å². The van der Waals surface area contributed by atoms with Gasteiger partial charge in [0.25, 0.3) is 0 Å². The van der Waals surface area contributed by atoms with Crippen molar-refractivity contribution < 1.29 is 89.4 Å². The SMILES string of the molecule is CC/C=C\C/C=C\C/C=C\C/C=C\C/C=C\C/C=C\C/C=C\C/C=C\CCCCCCCCCCCCC(=O)NC(COC1OC(CO)C(OC2OC(CO)C(OC3OC(CO)C(O)C(O)C3O)C(O)C2O)C(O)C1O)C(O)/C=C/CC/C=C/CCCCCCCCCCCCCCCCCC. The summed E-state index contributed by atoms with van der Waals surface area (Å²) in [5.74, 6) is -0.293. The van der Waals surface area contributed by atoms with Crippen molar-refractivity contribution in [3.8, 4) is 0 Å². The van der Waals surface area contributed by atoms with Gasteiger partial charge in [0.05, 0.1) is 38.6 Å². The number of aliphatic hydroxyl groups excluding tert-OH is 11. The minimum Gasteiger partial charge on any atom is -0.394 e. The van der Waals surface area contributed by atoms with Gasteiger partial charge in [-0.2, -0.15) is 0 Å². The van der Waals surface area contributed by atoms with Crippen LogP contribution >= 0.6 is 0 Å². The maximum absolute atomic E-state index is 13.5. The summed E-state index contributed by atoms with van der Waals surface area (Å²) in [7, 11) is 0. The first-order valence-electron chi connectivity index (χ1n) is 39.8. The number of unbranched alkanes of at least 4 members (excludes halogenated alkanes) is 27. The fourth-order valence-corrected chi connectivity index (χ4v) is 12.6. The van der Waals surface area contributed by atoms with Gasteiger partial charge in [0.15, 0.2) is 18.9 Å². The highest BCUT2D eigenvalue weighted by Crippen LogP contribution is 2.33. The number of ether oxygens (including phenoxy) is 6. The minimum atomic E-state index is -1.99. The van der Waals surface area contributed by atoms with Crippen molar-refractivity contribution in [2.24, 2.45) is 0 Å². The maximum Gasteiger partial charge on any atom is 0.220 e. The van der Waals surface area contributed by atoms with E-state index in [0.29, 0.717) is 12.8 Å². The van der Waals surface area contributed by atoms with E-state index < -0.39 is 124 Å². The lowest BCUT2D eigenvalue weighted by Gasteiger charge is -2.48. The van der Waals surface area contributed by atoms with Crippen LogP contribution in [0.2, 0.25) is 0 Å². The zero-order valence-corrected chi connectivity index (χ0v) is 62.5. The van der Waals surface area contributed by atoms with Crippen molar-refractivity contribution in [1.29, 1.82) is 0 Å². The largest absolute Gasteiger partial charge is 0.394 e. The summed E-state index contributed by atoms with van der Waals surface area (Å²) >= 11 is 0.